The number of sulfonamides is 1. The number of hydrogen-bond donors (Lipinski definition) is 1. The van der Waals surface area contributed by atoms with Crippen LogP contribution in [0.25, 0.3) is 0 Å². The van der Waals surface area contributed by atoms with E-state index in [2.05, 4.69) is 5.32 Å². The summed E-state index contributed by atoms with van der Waals surface area (Å²) in [5, 5.41) is 3.53. The van der Waals surface area contributed by atoms with E-state index in [0.717, 1.165) is 21.7 Å². The Morgan fingerprint density at radius 2 is 1.69 bits per heavy atom. The SMILES string of the molecule is Cc1cccc(N(CC(=O)N(Cc2ccc(Cl)c(Cl)c2)[C@H](C)C(=O)NCC(C)C)S(C)(=O)=O)c1C. The Morgan fingerprint density at radius 1 is 1.03 bits per heavy atom. The molecule has 1 atom stereocenters. The van der Waals surface area contributed by atoms with Crippen LogP contribution in [-0.2, 0) is 26.2 Å². The zero-order valence-electron chi connectivity index (χ0n) is 20.9. The van der Waals surface area contributed by atoms with Gasteiger partial charge in [-0.1, -0.05) is 55.2 Å². The summed E-state index contributed by atoms with van der Waals surface area (Å²) in [6.07, 6.45) is 1.06. The molecule has 7 nitrogen and oxygen atoms in total. The number of rotatable bonds is 10. The van der Waals surface area contributed by atoms with Gasteiger partial charge in [-0.05, 0) is 61.6 Å². The van der Waals surface area contributed by atoms with Gasteiger partial charge in [0.25, 0.3) is 0 Å². The van der Waals surface area contributed by atoms with Gasteiger partial charge >= 0.3 is 0 Å². The molecule has 2 aromatic carbocycles. The summed E-state index contributed by atoms with van der Waals surface area (Å²) in [4.78, 5) is 27.8. The maximum Gasteiger partial charge on any atom is 0.244 e. The quantitative estimate of drug-likeness (QED) is 0.477. The summed E-state index contributed by atoms with van der Waals surface area (Å²) >= 11 is 12.2. The highest BCUT2D eigenvalue weighted by atomic mass is 35.5. The summed E-state index contributed by atoms with van der Waals surface area (Å²) in [5.41, 5.74) is 2.74. The number of benzene rings is 2. The fourth-order valence-electron chi connectivity index (χ4n) is 3.47. The minimum absolute atomic E-state index is 0.0520. The zero-order chi connectivity index (χ0) is 26.5. The van der Waals surface area contributed by atoms with E-state index in [0.29, 0.717) is 27.8 Å². The number of carbonyl (C=O) groups excluding carboxylic acids is 2. The van der Waals surface area contributed by atoms with Gasteiger partial charge in [-0.2, -0.15) is 0 Å². The van der Waals surface area contributed by atoms with Crippen molar-refractivity contribution in [2.75, 3.05) is 23.7 Å². The molecule has 2 amide bonds. The molecule has 0 unspecified atom stereocenters. The van der Waals surface area contributed by atoms with Gasteiger partial charge in [-0.15, -0.1) is 0 Å². The first-order valence-electron chi connectivity index (χ1n) is 11.3. The molecule has 10 heteroatoms. The Morgan fingerprint density at radius 3 is 2.26 bits per heavy atom. The Kier molecular flexibility index (Phi) is 10.0. The predicted octanol–water partition coefficient (Wildman–Crippen LogP) is 4.57. The monoisotopic (exact) mass is 541 g/mol. The van der Waals surface area contributed by atoms with E-state index in [1.807, 2.05) is 33.8 Å². The molecule has 0 aromatic heterocycles. The lowest BCUT2D eigenvalue weighted by atomic mass is 10.1. The zero-order valence-corrected chi connectivity index (χ0v) is 23.3. The third-order valence-electron chi connectivity index (χ3n) is 5.71. The molecule has 0 aliphatic carbocycles. The van der Waals surface area contributed by atoms with Gasteiger partial charge in [-0.3, -0.25) is 13.9 Å². The molecule has 0 spiro atoms. The van der Waals surface area contributed by atoms with Crippen LogP contribution in [0.1, 0.15) is 37.5 Å². The predicted molar refractivity (Wildman–Crippen MR) is 142 cm³/mol. The van der Waals surface area contributed by atoms with E-state index >= 15 is 0 Å². The lowest BCUT2D eigenvalue weighted by molar-refractivity contribution is -0.139. The number of amides is 2. The molecule has 0 saturated heterocycles. The van der Waals surface area contributed by atoms with Crippen LogP contribution >= 0.6 is 23.2 Å². The summed E-state index contributed by atoms with van der Waals surface area (Å²) in [5.74, 6) is -0.616. The third-order valence-corrected chi connectivity index (χ3v) is 7.58. The fraction of sp³-hybridized carbons (Fsp3) is 0.440. The van der Waals surface area contributed by atoms with Crippen LogP contribution < -0.4 is 9.62 Å². The second-order valence-electron chi connectivity index (χ2n) is 9.07. The molecule has 0 fully saturated rings. The minimum atomic E-state index is -3.79. The van der Waals surface area contributed by atoms with Gasteiger partial charge in [0.15, 0.2) is 0 Å². The van der Waals surface area contributed by atoms with E-state index in [1.165, 1.54) is 4.90 Å². The van der Waals surface area contributed by atoms with Gasteiger partial charge in [0.1, 0.15) is 12.6 Å². The average molecular weight is 543 g/mol. The normalized spacial score (nSPS) is 12.4. The minimum Gasteiger partial charge on any atom is -0.354 e. The van der Waals surface area contributed by atoms with Crippen LogP contribution in [0, 0.1) is 19.8 Å². The van der Waals surface area contributed by atoms with Crippen molar-refractivity contribution in [3.63, 3.8) is 0 Å². The first-order chi connectivity index (χ1) is 16.2. The Balaban J connectivity index is 2.43. The average Bonchev–Trinajstić information content (AvgIpc) is 2.77. The van der Waals surface area contributed by atoms with Crippen molar-refractivity contribution in [1.29, 1.82) is 0 Å². The summed E-state index contributed by atoms with van der Waals surface area (Å²) in [7, 11) is -3.79. The number of aryl methyl sites for hydroxylation is 1. The molecule has 35 heavy (non-hydrogen) atoms. The smallest absolute Gasteiger partial charge is 0.244 e. The van der Waals surface area contributed by atoms with Crippen LogP contribution in [0.3, 0.4) is 0 Å². The second kappa shape index (κ2) is 12.1. The van der Waals surface area contributed by atoms with Crippen molar-refractivity contribution in [2.24, 2.45) is 5.92 Å². The van der Waals surface area contributed by atoms with Crippen molar-refractivity contribution in [3.05, 3.63) is 63.1 Å². The van der Waals surface area contributed by atoms with Crippen molar-refractivity contribution in [3.8, 4) is 0 Å². The summed E-state index contributed by atoms with van der Waals surface area (Å²) < 4.78 is 26.5. The maximum absolute atomic E-state index is 13.6. The number of halogens is 2. The number of carbonyl (C=O) groups is 2. The van der Waals surface area contributed by atoms with Crippen LogP contribution in [0.15, 0.2) is 36.4 Å². The van der Waals surface area contributed by atoms with Crippen molar-refractivity contribution >= 4 is 50.7 Å². The molecular weight excluding hydrogens is 509 g/mol. The lowest BCUT2D eigenvalue weighted by Gasteiger charge is -2.32. The molecular formula is C25H33Cl2N3O4S. The fourth-order valence-corrected chi connectivity index (χ4v) is 4.69. The summed E-state index contributed by atoms with van der Waals surface area (Å²) in [6.45, 7) is 9.30. The first kappa shape index (κ1) is 28.9. The van der Waals surface area contributed by atoms with Gasteiger partial charge < -0.3 is 10.2 Å². The van der Waals surface area contributed by atoms with Gasteiger partial charge in [0, 0.05) is 13.1 Å². The molecule has 192 valence electrons. The molecule has 1 N–H and O–H groups in total. The number of hydrogen-bond acceptors (Lipinski definition) is 4. The second-order valence-corrected chi connectivity index (χ2v) is 11.8. The maximum atomic E-state index is 13.6. The molecule has 0 heterocycles. The Bertz CT molecular complexity index is 1190. The van der Waals surface area contributed by atoms with E-state index < -0.39 is 28.5 Å². The van der Waals surface area contributed by atoms with Crippen molar-refractivity contribution in [2.45, 2.75) is 47.2 Å². The molecule has 0 radical (unpaired) electrons. The lowest BCUT2D eigenvalue weighted by Crippen LogP contribution is -2.51. The van der Waals surface area contributed by atoms with E-state index in [9.17, 15) is 18.0 Å². The third kappa shape index (κ3) is 7.85. The van der Waals surface area contributed by atoms with Crippen LogP contribution in [0.4, 0.5) is 5.69 Å². The largest absolute Gasteiger partial charge is 0.354 e. The van der Waals surface area contributed by atoms with E-state index in [-0.39, 0.29) is 18.4 Å². The number of nitrogens with zero attached hydrogens (tertiary/aromatic N) is 2. The highest BCUT2D eigenvalue weighted by molar-refractivity contribution is 7.92. The van der Waals surface area contributed by atoms with Crippen LogP contribution in [0.5, 0.6) is 0 Å². The standard InChI is InChI=1S/C25H33Cl2N3O4S/c1-16(2)13-28-25(32)19(5)29(14-20-10-11-21(26)22(27)12-20)24(31)15-30(35(6,33)34)23-9-7-8-17(3)18(23)4/h7-12,16,19H,13-15H2,1-6H3,(H,28,32)/t19-/m1/s1. The topological polar surface area (TPSA) is 86.8 Å². The van der Waals surface area contributed by atoms with Gasteiger partial charge in [0.05, 0.1) is 22.0 Å². The highest BCUT2D eigenvalue weighted by Crippen LogP contribution is 2.26. The summed E-state index contributed by atoms with van der Waals surface area (Å²) in [6, 6.07) is 9.39. The van der Waals surface area contributed by atoms with Crippen LogP contribution in [0.2, 0.25) is 10.0 Å². The highest BCUT2D eigenvalue weighted by Gasteiger charge is 2.30. The van der Waals surface area contributed by atoms with Gasteiger partial charge in [-0.25, -0.2) is 8.42 Å². The molecule has 0 saturated carbocycles. The molecule has 0 bridgehead atoms. The number of nitrogens with one attached hydrogen (secondary N) is 1. The number of anilines is 1. The van der Waals surface area contributed by atoms with Crippen LogP contribution in [-0.4, -0.2) is 50.5 Å². The van der Waals surface area contributed by atoms with Crippen molar-refractivity contribution in [1.82, 2.24) is 10.2 Å². The van der Waals surface area contributed by atoms with Crippen molar-refractivity contribution < 1.29 is 18.0 Å². The van der Waals surface area contributed by atoms with Gasteiger partial charge in [0.2, 0.25) is 21.8 Å². The Hall–Kier alpha value is -2.29. The Labute approximate surface area is 218 Å². The molecule has 2 rings (SSSR count). The molecule has 2 aromatic rings. The molecule has 0 aliphatic heterocycles. The van der Waals surface area contributed by atoms with E-state index in [1.54, 1.807) is 37.3 Å². The first-order valence-corrected chi connectivity index (χ1v) is 13.9. The molecule has 0 aliphatic rings. The van der Waals surface area contributed by atoms with E-state index in [4.69, 9.17) is 23.2 Å².